The summed E-state index contributed by atoms with van der Waals surface area (Å²) in [5.74, 6) is -1.39. The van der Waals surface area contributed by atoms with Crippen LogP contribution in [0, 0.1) is 0 Å². The topological polar surface area (TPSA) is 66.8 Å². The van der Waals surface area contributed by atoms with Crippen molar-refractivity contribution < 1.29 is 32.6 Å². The molecule has 0 unspecified atom stereocenters. The molecule has 0 aromatic heterocycles. The predicted octanol–water partition coefficient (Wildman–Crippen LogP) is 2.73. The molecule has 1 fully saturated rings. The lowest BCUT2D eigenvalue weighted by molar-refractivity contribution is -0.141. The zero-order valence-corrected chi connectivity index (χ0v) is 13.6. The van der Waals surface area contributed by atoms with Crippen LogP contribution in [0.1, 0.15) is 30.4 Å². The van der Waals surface area contributed by atoms with E-state index in [0.717, 1.165) is 12.1 Å². The first-order valence-corrected chi connectivity index (χ1v) is 8.02. The number of amides is 1. The van der Waals surface area contributed by atoms with Crippen molar-refractivity contribution in [2.24, 2.45) is 0 Å². The second-order valence-electron chi connectivity index (χ2n) is 5.95. The molecule has 8 heteroatoms. The van der Waals surface area contributed by atoms with E-state index in [0.29, 0.717) is 26.1 Å². The number of halogens is 3. The summed E-state index contributed by atoms with van der Waals surface area (Å²) < 4.78 is 43.6. The summed E-state index contributed by atoms with van der Waals surface area (Å²) in [6, 6.07) is 4.49. The first-order valence-electron chi connectivity index (χ1n) is 8.02. The number of ether oxygens (including phenoxy) is 1. The Labute approximate surface area is 143 Å². The van der Waals surface area contributed by atoms with Crippen molar-refractivity contribution in [3.63, 3.8) is 0 Å². The average Bonchev–Trinajstić information content (AvgIpc) is 2.55. The van der Waals surface area contributed by atoms with Crippen molar-refractivity contribution in [2.45, 2.75) is 37.9 Å². The molecular formula is C17H20F3NO4. The Morgan fingerprint density at radius 3 is 2.52 bits per heavy atom. The van der Waals surface area contributed by atoms with Crippen LogP contribution in [0.2, 0.25) is 0 Å². The lowest BCUT2D eigenvalue weighted by Gasteiger charge is -2.34. The molecule has 5 nitrogen and oxygen atoms in total. The number of hydrogen-bond acceptors (Lipinski definition) is 3. The lowest BCUT2D eigenvalue weighted by Crippen LogP contribution is -2.45. The second kappa shape index (κ2) is 8.33. The van der Waals surface area contributed by atoms with Gasteiger partial charge in [-0.15, -0.1) is 0 Å². The van der Waals surface area contributed by atoms with Gasteiger partial charge in [-0.25, -0.2) is 0 Å². The molecule has 0 atom stereocenters. The molecule has 1 aromatic rings. The second-order valence-corrected chi connectivity index (χ2v) is 5.95. The van der Waals surface area contributed by atoms with Crippen LogP contribution in [0.4, 0.5) is 13.2 Å². The summed E-state index contributed by atoms with van der Waals surface area (Å²) in [5.41, 5.74) is -0.548. The molecule has 25 heavy (non-hydrogen) atoms. The fourth-order valence-corrected chi connectivity index (χ4v) is 2.86. The van der Waals surface area contributed by atoms with Crippen molar-refractivity contribution in [3.05, 3.63) is 35.4 Å². The van der Waals surface area contributed by atoms with Gasteiger partial charge >= 0.3 is 12.1 Å². The minimum atomic E-state index is -4.47. The Bertz CT molecular complexity index is 612. The van der Waals surface area contributed by atoms with Crippen molar-refractivity contribution in [1.82, 2.24) is 4.90 Å². The Balaban J connectivity index is 2.11. The van der Waals surface area contributed by atoms with E-state index in [1.165, 1.54) is 17.0 Å². The van der Waals surface area contributed by atoms with E-state index in [2.05, 4.69) is 0 Å². The molecule has 0 bridgehead atoms. The third-order valence-electron chi connectivity index (χ3n) is 4.13. The van der Waals surface area contributed by atoms with Gasteiger partial charge in [0.25, 0.3) is 0 Å². The number of carbonyl (C=O) groups is 2. The predicted molar refractivity (Wildman–Crippen MR) is 83.0 cm³/mol. The Morgan fingerprint density at radius 2 is 1.92 bits per heavy atom. The molecule has 0 aliphatic carbocycles. The van der Waals surface area contributed by atoms with Gasteiger partial charge in [0.1, 0.15) is 0 Å². The normalized spacial score (nSPS) is 15.8. The Kier molecular flexibility index (Phi) is 6.41. The summed E-state index contributed by atoms with van der Waals surface area (Å²) in [4.78, 5) is 24.9. The average molecular weight is 359 g/mol. The van der Waals surface area contributed by atoms with Crippen LogP contribution >= 0.6 is 0 Å². The van der Waals surface area contributed by atoms with Crippen LogP contribution in [0.5, 0.6) is 0 Å². The lowest BCUT2D eigenvalue weighted by atomic mass is 10.0. The maximum Gasteiger partial charge on any atom is 0.416 e. The highest BCUT2D eigenvalue weighted by Crippen LogP contribution is 2.29. The summed E-state index contributed by atoms with van der Waals surface area (Å²) in [7, 11) is 0. The zero-order valence-electron chi connectivity index (χ0n) is 13.6. The largest absolute Gasteiger partial charge is 0.481 e. The maximum absolute atomic E-state index is 12.8. The van der Waals surface area contributed by atoms with Crippen LogP contribution in [-0.2, 0) is 26.9 Å². The standard InChI is InChI=1S/C17H20F3NO4/c18-17(19,20)13-3-1-2-12(10-13)11-15(22)21(7-4-16(23)24)14-5-8-25-9-6-14/h1-3,10,14H,4-9,11H2,(H,23,24). The van der Waals surface area contributed by atoms with Crippen LogP contribution in [0.25, 0.3) is 0 Å². The number of benzene rings is 1. The molecule has 0 saturated carbocycles. The molecule has 1 aromatic carbocycles. The van der Waals surface area contributed by atoms with Crippen molar-refractivity contribution in [1.29, 1.82) is 0 Å². The molecule has 1 heterocycles. The number of hydrogen-bond donors (Lipinski definition) is 1. The van der Waals surface area contributed by atoms with Crippen LogP contribution in [-0.4, -0.2) is 47.7 Å². The van der Waals surface area contributed by atoms with E-state index in [1.807, 2.05) is 0 Å². The molecule has 0 spiro atoms. The number of carboxylic acid groups (broad SMARTS) is 1. The van der Waals surface area contributed by atoms with Gasteiger partial charge in [-0.1, -0.05) is 18.2 Å². The number of aliphatic carboxylic acids is 1. The Morgan fingerprint density at radius 1 is 1.24 bits per heavy atom. The first kappa shape index (κ1) is 19.2. The van der Waals surface area contributed by atoms with E-state index in [-0.39, 0.29) is 36.9 Å². The summed E-state index contributed by atoms with van der Waals surface area (Å²) in [6.07, 6.45) is -3.68. The van der Waals surface area contributed by atoms with Gasteiger partial charge < -0.3 is 14.7 Å². The van der Waals surface area contributed by atoms with Gasteiger partial charge in [0.2, 0.25) is 5.91 Å². The smallest absolute Gasteiger partial charge is 0.416 e. The first-order chi connectivity index (χ1) is 11.8. The third kappa shape index (κ3) is 5.74. The fraction of sp³-hybridized carbons (Fsp3) is 0.529. The van der Waals surface area contributed by atoms with Crippen molar-refractivity contribution >= 4 is 11.9 Å². The fourth-order valence-electron chi connectivity index (χ4n) is 2.86. The van der Waals surface area contributed by atoms with E-state index < -0.39 is 17.7 Å². The van der Waals surface area contributed by atoms with E-state index in [1.54, 1.807) is 0 Å². The quantitative estimate of drug-likeness (QED) is 0.848. The molecule has 2 rings (SSSR count). The number of carboxylic acids is 1. The molecule has 1 aliphatic rings. The summed E-state index contributed by atoms with van der Waals surface area (Å²) >= 11 is 0. The van der Waals surface area contributed by atoms with E-state index >= 15 is 0 Å². The summed E-state index contributed by atoms with van der Waals surface area (Å²) in [6.45, 7) is 0.994. The van der Waals surface area contributed by atoms with Gasteiger partial charge in [-0.2, -0.15) is 13.2 Å². The van der Waals surface area contributed by atoms with Gasteiger partial charge in [-0.05, 0) is 24.5 Å². The molecule has 1 N–H and O–H groups in total. The van der Waals surface area contributed by atoms with Gasteiger partial charge in [-0.3, -0.25) is 9.59 Å². The number of nitrogens with zero attached hydrogens (tertiary/aromatic N) is 1. The van der Waals surface area contributed by atoms with Crippen molar-refractivity contribution in [3.8, 4) is 0 Å². The molecular weight excluding hydrogens is 339 g/mol. The molecule has 1 aliphatic heterocycles. The van der Waals surface area contributed by atoms with E-state index in [9.17, 15) is 22.8 Å². The SMILES string of the molecule is O=C(O)CCN(C(=O)Cc1cccc(C(F)(F)F)c1)C1CCOCC1. The monoisotopic (exact) mass is 359 g/mol. The highest BCUT2D eigenvalue weighted by molar-refractivity contribution is 5.79. The number of rotatable bonds is 6. The zero-order chi connectivity index (χ0) is 18.4. The third-order valence-corrected chi connectivity index (χ3v) is 4.13. The molecule has 0 radical (unpaired) electrons. The molecule has 1 amide bonds. The molecule has 1 saturated heterocycles. The van der Waals surface area contributed by atoms with Crippen LogP contribution in [0.15, 0.2) is 24.3 Å². The minimum absolute atomic E-state index is 0.0395. The van der Waals surface area contributed by atoms with Gasteiger partial charge in [0, 0.05) is 25.8 Å². The van der Waals surface area contributed by atoms with Crippen LogP contribution in [0.3, 0.4) is 0 Å². The Hall–Kier alpha value is -2.09. The highest BCUT2D eigenvalue weighted by atomic mass is 19.4. The summed E-state index contributed by atoms with van der Waals surface area (Å²) in [5, 5.41) is 8.87. The number of carbonyl (C=O) groups excluding carboxylic acids is 1. The van der Waals surface area contributed by atoms with Crippen LogP contribution < -0.4 is 0 Å². The minimum Gasteiger partial charge on any atom is -0.481 e. The highest BCUT2D eigenvalue weighted by Gasteiger charge is 2.31. The van der Waals surface area contributed by atoms with Crippen molar-refractivity contribution in [2.75, 3.05) is 19.8 Å². The van der Waals surface area contributed by atoms with E-state index in [4.69, 9.17) is 9.84 Å². The maximum atomic E-state index is 12.8. The molecule has 138 valence electrons. The van der Waals surface area contributed by atoms with Gasteiger partial charge in [0.15, 0.2) is 0 Å². The number of alkyl halides is 3. The van der Waals surface area contributed by atoms with Gasteiger partial charge in [0.05, 0.1) is 18.4 Å².